The third kappa shape index (κ3) is 4.78. The summed E-state index contributed by atoms with van der Waals surface area (Å²) >= 11 is 0. The lowest BCUT2D eigenvalue weighted by Crippen LogP contribution is -1.97. The maximum atomic E-state index is 5.12. The Morgan fingerprint density at radius 1 is 0.296 bits per heavy atom. The SMILES string of the molecule is c1ccc(-c2nc(-c3ccc(-n4c5ccccc5c5ccc(-c6ccc7c(c6)c6ccccc6n7-c6ccccc6)cc54)cc3)c3ccccc3n2)cc1. The quantitative estimate of drug-likeness (QED) is 0.180. The van der Waals surface area contributed by atoms with Crippen molar-refractivity contribution in [1.29, 1.82) is 0 Å². The first-order valence-corrected chi connectivity index (χ1v) is 18.3. The van der Waals surface area contributed by atoms with Crippen molar-refractivity contribution in [3.05, 3.63) is 194 Å². The summed E-state index contributed by atoms with van der Waals surface area (Å²) in [5.41, 5.74) is 13.3. The maximum absolute atomic E-state index is 5.12. The zero-order valence-electron chi connectivity index (χ0n) is 29.3. The number of aromatic nitrogens is 4. The topological polar surface area (TPSA) is 35.6 Å². The average molecular weight is 689 g/mol. The van der Waals surface area contributed by atoms with E-state index in [0.717, 1.165) is 44.9 Å². The van der Waals surface area contributed by atoms with Crippen LogP contribution >= 0.6 is 0 Å². The van der Waals surface area contributed by atoms with Gasteiger partial charge < -0.3 is 9.13 Å². The summed E-state index contributed by atoms with van der Waals surface area (Å²) < 4.78 is 4.76. The number of nitrogens with zero attached hydrogens (tertiary/aromatic N) is 4. The summed E-state index contributed by atoms with van der Waals surface area (Å²) in [6.45, 7) is 0. The van der Waals surface area contributed by atoms with E-state index in [1.165, 1.54) is 54.7 Å². The Bertz CT molecular complexity index is 3190. The van der Waals surface area contributed by atoms with Crippen LogP contribution in [0.15, 0.2) is 194 Å². The molecule has 3 aromatic heterocycles. The lowest BCUT2D eigenvalue weighted by atomic mass is 10.0. The van der Waals surface area contributed by atoms with Crippen LogP contribution in [-0.2, 0) is 0 Å². The zero-order chi connectivity index (χ0) is 35.6. The second-order valence-corrected chi connectivity index (χ2v) is 13.8. The molecule has 0 saturated carbocycles. The second kappa shape index (κ2) is 12.1. The van der Waals surface area contributed by atoms with Crippen LogP contribution in [0.5, 0.6) is 0 Å². The summed E-state index contributed by atoms with van der Waals surface area (Å²) in [7, 11) is 0. The first kappa shape index (κ1) is 30.3. The van der Waals surface area contributed by atoms with E-state index in [1.807, 2.05) is 24.3 Å². The molecule has 0 N–H and O–H groups in total. The fourth-order valence-corrected chi connectivity index (χ4v) is 8.22. The van der Waals surface area contributed by atoms with Crippen molar-refractivity contribution >= 4 is 54.5 Å². The highest BCUT2D eigenvalue weighted by Gasteiger charge is 2.17. The third-order valence-electron chi connectivity index (χ3n) is 10.7. The van der Waals surface area contributed by atoms with Crippen LogP contribution in [0.1, 0.15) is 0 Å². The Kier molecular flexibility index (Phi) is 6.82. The molecule has 0 radical (unpaired) electrons. The Labute approximate surface area is 311 Å². The molecule has 54 heavy (non-hydrogen) atoms. The molecule has 0 aliphatic rings. The van der Waals surface area contributed by atoms with E-state index in [4.69, 9.17) is 9.97 Å². The fraction of sp³-hybridized carbons (Fsp3) is 0. The van der Waals surface area contributed by atoms with Gasteiger partial charge in [-0.05, 0) is 71.8 Å². The van der Waals surface area contributed by atoms with Gasteiger partial charge in [0.25, 0.3) is 0 Å². The van der Waals surface area contributed by atoms with Crippen LogP contribution in [0.3, 0.4) is 0 Å². The maximum Gasteiger partial charge on any atom is 0.160 e. The molecular formula is C50H32N4. The predicted octanol–water partition coefficient (Wildman–Crippen LogP) is 12.8. The van der Waals surface area contributed by atoms with E-state index in [1.54, 1.807) is 0 Å². The summed E-state index contributed by atoms with van der Waals surface area (Å²) in [5.74, 6) is 0.728. The van der Waals surface area contributed by atoms with Crippen molar-refractivity contribution in [2.24, 2.45) is 0 Å². The first-order chi connectivity index (χ1) is 26.8. The minimum absolute atomic E-state index is 0.728. The van der Waals surface area contributed by atoms with Crippen LogP contribution < -0.4 is 0 Å². The number of fused-ring (bicyclic) bond motifs is 7. The van der Waals surface area contributed by atoms with Crippen molar-refractivity contribution in [3.63, 3.8) is 0 Å². The molecule has 8 aromatic carbocycles. The van der Waals surface area contributed by atoms with E-state index >= 15 is 0 Å². The monoisotopic (exact) mass is 688 g/mol. The molecule has 0 atom stereocenters. The average Bonchev–Trinajstić information content (AvgIpc) is 3.76. The van der Waals surface area contributed by atoms with Gasteiger partial charge in [-0.15, -0.1) is 0 Å². The highest BCUT2D eigenvalue weighted by Crippen LogP contribution is 2.39. The van der Waals surface area contributed by atoms with Crippen molar-refractivity contribution < 1.29 is 0 Å². The Morgan fingerprint density at radius 3 is 1.57 bits per heavy atom. The van der Waals surface area contributed by atoms with Crippen molar-refractivity contribution in [2.45, 2.75) is 0 Å². The van der Waals surface area contributed by atoms with Crippen LogP contribution in [-0.4, -0.2) is 19.1 Å². The van der Waals surface area contributed by atoms with Gasteiger partial charge in [0.05, 0.1) is 33.3 Å². The van der Waals surface area contributed by atoms with Gasteiger partial charge >= 0.3 is 0 Å². The van der Waals surface area contributed by atoms with Gasteiger partial charge in [-0.3, -0.25) is 0 Å². The fourth-order valence-electron chi connectivity index (χ4n) is 8.22. The smallest absolute Gasteiger partial charge is 0.160 e. The highest BCUT2D eigenvalue weighted by atomic mass is 15.0. The molecule has 0 bridgehead atoms. The van der Waals surface area contributed by atoms with Crippen LogP contribution in [0.25, 0.3) is 99.7 Å². The molecule has 0 unspecified atom stereocenters. The lowest BCUT2D eigenvalue weighted by molar-refractivity contribution is 1.18. The minimum Gasteiger partial charge on any atom is -0.309 e. The van der Waals surface area contributed by atoms with Crippen molar-refractivity contribution in [1.82, 2.24) is 19.1 Å². The van der Waals surface area contributed by atoms with E-state index in [2.05, 4.69) is 179 Å². The van der Waals surface area contributed by atoms with Gasteiger partial charge in [0.2, 0.25) is 0 Å². The highest BCUT2D eigenvalue weighted by molar-refractivity contribution is 6.12. The summed E-state index contributed by atoms with van der Waals surface area (Å²) in [6, 6.07) is 69.1. The van der Waals surface area contributed by atoms with Crippen LogP contribution in [0.4, 0.5) is 0 Å². The molecule has 0 aliphatic carbocycles. The Hall–Kier alpha value is -7.30. The summed E-state index contributed by atoms with van der Waals surface area (Å²) in [6.07, 6.45) is 0. The molecule has 0 fully saturated rings. The molecule has 11 rings (SSSR count). The molecule has 0 aliphatic heterocycles. The number of benzene rings is 8. The summed E-state index contributed by atoms with van der Waals surface area (Å²) in [5, 5.41) is 6.00. The Morgan fingerprint density at radius 2 is 0.815 bits per heavy atom. The molecule has 0 amide bonds. The van der Waals surface area contributed by atoms with Gasteiger partial charge in [0, 0.05) is 49.4 Å². The van der Waals surface area contributed by atoms with Gasteiger partial charge in [0.15, 0.2) is 5.82 Å². The molecule has 4 nitrogen and oxygen atoms in total. The molecule has 3 heterocycles. The number of para-hydroxylation sites is 4. The molecule has 11 aromatic rings. The van der Waals surface area contributed by atoms with Crippen LogP contribution in [0.2, 0.25) is 0 Å². The Balaban J connectivity index is 1.05. The number of rotatable bonds is 5. The molecule has 4 heteroatoms. The summed E-state index contributed by atoms with van der Waals surface area (Å²) in [4.78, 5) is 10.0. The predicted molar refractivity (Wildman–Crippen MR) is 225 cm³/mol. The molecular weight excluding hydrogens is 657 g/mol. The van der Waals surface area contributed by atoms with E-state index < -0.39 is 0 Å². The number of hydrogen-bond acceptors (Lipinski definition) is 2. The standard InChI is InChI=1S/C50H32N4/c1-3-13-34(14-4-1)50-51-44-20-10-7-19-42(44)49(52-50)33-23-27-38(28-24-33)54-45-21-11-8-17-39(45)41-29-25-36(32-48(41)54)35-26-30-47-43(31-35)40-18-9-12-22-46(40)53(47)37-15-5-2-6-16-37/h1-32H. The lowest BCUT2D eigenvalue weighted by Gasteiger charge is -2.12. The van der Waals surface area contributed by atoms with E-state index in [9.17, 15) is 0 Å². The third-order valence-corrected chi connectivity index (χ3v) is 10.7. The van der Waals surface area contributed by atoms with Gasteiger partial charge in [-0.2, -0.15) is 0 Å². The van der Waals surface area contributed by atoms with Crippen LogP contribution in [0, 0.1) is 0 Å². The minimum atomic E-state index is 0.728. The largest absolute Gasteiger partial charge is 0.309 e. The van der Waals surface area contributed by atoms with Gasteiger partial charge in [0.1, 0.15) is 0 Å². The molecule has 0 spiro atoms. The van der Waals surface area contributed by atoms with Crippen molar-refractivity contribution in [2.75, 3.05) is 0 Å². The molecule has 252 valence electrons. The zero-order valence-corrected chi connectivity index (χ0v) is 29.3. The number of hydrogen-bond donors (Lipinski definition) is 0. The first-order valence-electron chi connectivity index (χ1n) is 18.3. The second-order valence-electron chi connectivity index (χ2n) is 13.8. The van der Waals surface area contributed by atoms with Gasteiger partial charge in [-0.25, -0.2) is 9.97 Å². The van der Waals surface area contributed by atoms with E-state index in [0.29, 0.717) is 0 Å². The molecule has 0 saturated heterocycles. The van der Waals surface area contributed by atoms with E-state index in [-0.39, 0.29) is 0 Å². The van der Waals surface area contributed by atoms with Crippen molar-refractivity contribution in [3.8, 4) is 45.1 Å². The van der Waals surface area contributed by atoms with Gasteiger partial charge in [-0.1, -0.05) is 133 Å². The normalized spacial score (nSPS) is 11.7.